The zero-order chi connectivity index (χ0) is 11.4. The highest BCUT2D eigenvalue weighted by Gasteiger charge is 2.27. The third-order valence-corrected chi connectivity index (χ3v) is 3.20. The van der Waals surface area contributed by atoms with Crippen molar-refractivity contribution in [3.8, 4) is 0 Å². The fourth-order valence-corrected chi connectivity index (χ4v) is 2.23. The number of amides is 1. The minimum Gasteiger partial charge on any atom is -0.481 e. The van der Waals surface area contributed by atoms with Gasteiger partial charge in [-0.25, -0.2) is 4.99 Å². The predicted octanol–water partition coefficient (Wildman–Crippen LogP) is 0.0140. The van der Waals surface area contributed by atoms with Crippen LogP contribution in [0.4, 0.5) is 0 Å². The molecule has 1 fully saturated rings. The average Bonchev–Trinajstić information content (AvgIpc) is 2.73. The number of aliphatic imine (C=N–C) groups is 1. The number of ether oxygens (including phenoxy) is 1. The molecular weight excluding hydrogens is 206 g/mol. The number of nitrogens with zero attached hydrogens (tertiary/aromatic N) is 2. The van der Waals surface area contributed by atoms with E-state index >= 15 is 0 Å². The van der Waals surface area contributed by atoms with Gasteiger partial charge in [0, 0.05) is 13.1 Å². The van der Waals surface area contributed by atoms with Crippen LogP contribution in [-0.4, -0.2) is 56.0 Å². The number of nitrogens with one attached hydrogen (secondary N) is 1. The number of rotatable bonds is 3. The van der Waals surface area contributed by atoms with E-state index in [9.17, 15) is 4.79 Å². The lowest BCUT2D eigenvalue weighted by Crippen LogP contribution is -2.46. The molecule has 0 aromatic carbocycles. The molecule has 1 saturated heterocycles. The molecule has 2 unspecified atom stereocenters. The molecule has 0 bridgehead atoms. The van der Waals surface area contributed by atoms with E-state index in [2.05, 4.69) is 10.3 Å². The first-order valence-electron chi connectivity index (χ1n) is 5.90. The Balaban J connectivity index is 1.95. The Morgan fingerprint density at radius 2 is 2.50 bits per heavy atom. The van der Waals surface area contributed by atoms with Crippen LogP contribution in [0.25, 0.3) is 0 Å². The molecule has 0 radical (unpaired) electrons. The normalized spacial score (nSPS) is 30.3. The monoisotopic (exact) mass is 225 g/mol. The fourth-order valence-electron chi connectivity index (χ4n) is 2.23. The van der Waals surface area contributed by atoms with E-state index in [1.807, 2.05) is 11.9 Å². The smallest absolute Gasteiger partial charge is 0.239 e. The molecule has 2 aliphatic heterocycles. The summed E-state index contributed by atoms with van der Waals surface area (Å²) in [4.78, 5) is 18.2. The molecule has 0 spiro atoms. The van der Waals surface area contributed by atoms with Crippen LogP contribution < -0.4 is 5.32 Å². The average molecular weight is 225 g/mol. The second-order valence-electron chi connectivity index (χ2n) is 4.36. The van der Waals surface area contributed by atoms with Crippen LogP contribution in [-0.2, 0) is 9.53 Å². The second-order valence-corrected chi connectivity index (χ2v) is 4.36. The molecule has 0 aromatic rings. The van der Waals surface area contributed by atoms with Crippen molar-refractivity contribution in [2.75, 3.05) is 26.7 Å². The maximum Gasteiger partial charge on any atom is 0.239 e. The van der Waals surface area contributed by atoms with Gasteiger partial charge in [-0.05, 0) is 26.3 Å². The van der Waals surface area contributed by atoms with Gasteiger partial charge in [0.25, 0.3) is 0 Å². The molecule has 2 heterocycles. The third kappa shape index (κ3) is 2.52. The van der Waals surface area contributed by atoms with Crippen molar-refractivity contribution >= 4 is 12.3 Å². The van der Waals surface area contributed by atoms with E-state index in [1.54, 1.807) is 0 Å². The first-order valence-corrected chi connectivity index (χ1v) is 5.90. The highest BCUT2D eigenvalue weighted by Crippen LogP contribution is 2.13. The number of hydrogen-bond acceptors (Lipinski definition) is 4. The fraction of sp³-hybridized carbons (Fsp3) is 0.818. The van der Waals surface area contributed by atoms with Crippen LogP contribution >= 0.6 is 0 Å². The zero-order valence-corrected chi connectivity index (χ0v) is 9.69. The quantitative estimate of drug-likeness (QED) is 0.736. The van der Waals surface area contributed by atoms with Gasteiger partial charge in [0.2, 0.25) is 5.91 Å². The van der Waals surface area contributed by atoms with Gasteiger partial charge in [-0.1, -0.05) is 0 Å². The number of hydrogen-bond donors (Lipinski definition) is 1. The Kier molecular flexibility index (Phi) is 3.77. The Morgan fingerprint density at radius 3 is 3.19 bits per heavy atom. The van der Waals surface area contributed by atoms with Gasteiger partial charge in [0.1, 0.15) is 12.6 Å². The van der Waals surface area contributed by atoms with Crippen molar-refractivity contribution in [1.82, 2.24) is 10.2 Å². The maximum absolute atomic E-state index is 12.1. The van der Waals surface area contributed by atoms with Crippen LogP contribution in [0.5, 0.6) is 0 Å². The molecule has 5 nitrogen and oxygen atoms in total. The lowest BCUT2D eigenvalue weighted by Gasteiger charge is -2.25. The molecule has 16 heavy (non-hydrogen) atoms. The molecule has 0 saturated carbocycles. The van der Waals surface area contributed by atoms with Crippen molar-refractivity contribution in [2.24, 2.45) is 4.99 Å². The van der Waals surface area contributed by atoms with Crippen molar-refractivity contribution < 1.29 is 9.53 Å². The van der Waals surface area contributed by atoms with Crippen molar-refractivity contribution in [3.05, 3.63) is 0 Å². The van der Waals surface area contributed by atoms with Gasteiger partial charge in [0.05, 0.1) is 6.04 Å². The van der Waals surface area contributed by atoms with E-state index in [4.69, 9.17) is 4.74 Å². The first-order chi connectivity index (χ1) is 7.81. The van der Waals surface area contributed by atoms with E-state index in [1.165, 1.54) is 6.40 Å². The van der Waals surface area contributed by atoms with Gasteiger partial charge in [-0.15, -0.1) is 0 Å². The summed E-state index contributed by atoms with van der Waals surface area (Å²) in [5, 5.41) is 3.09. The van der Waals surface area contributed by atoms with Gasteiger partial charge < -0.3 is 15.0 Å². The van der Waals surface area contributed by atoms with Crippen molar-refractivity contribution in [3.63, 3.8) is 0 Å². The van der Waals surface area contributed by atoms with E-state index in [-0.39, 0.29) is 18.0 Å². The van der Waals surface area contributed by atoms with Crippen LogP contribution in [0.3, 0.4) is 0 Å². The second kappa shape index (κ2) is 5.30. The van der Waals surface area contributed by atoms with Gasteiger partial charge >= 0.3 is 0 Å². The minimum atomic E-state index is -0.0196. The van der Waals surface area contributed by atoms with Crippen LogP contribution in [0.15, 0.2) is 4.99 Å². The van der Waals surface area contributed by atoms with Crippen molar-refractivity contribution in [2.45, 2.75) is 31.3 Å². The standard InChI is InChI=1S/C11H19N3O2/c1-12-10-4-2-3-5-14(11(10)15)6-9-7-16-8-13-9/h8-10,12H,2-7H2,1H3. The van der Waals surface area contributed by atoms with Gasteiger partial charge in [-0.2, -0.15) is 0 Å². The lowest BCUT2D eigenvalue weighted by atomic mass is 10.1. The molecule has 5 heteroatoms. The summed E-state index contributed by atoms with van der Waals surface area (Å²) in [6.45, 7) is 2.14. The molecule has 2 rings (SSSR count). The summed E-state index contributed by atoms with van der Waals surface area (Å²) in [5.41, 5.74) is 0. The van der Waals surface area contributed by atoms with Gasteiger partial charge in [0.15, 0.2) is 6.40 Å². The third-order valence-electron chi connectivity index (χ3n) is 3.20. The molecule has 0 aromatic heterocycles. The maximum atomic E-state index is 12.1. The number of likely N-dealkylation sites (tertiary alicyclic amines) is 1. The van der Waals surface area contributed by atoms with E-state index < -0.39 is 0 Å². The largest absolute Gasteiger partial charge is 0.481 e. The predicted molar refractivity (Wildman–Crippen MR) is 61.5 cm³/mol. The number of carbonyl (C=O) groups excluding carboxylic acids is 1. The topological polar surface area (TPSA) is 53.9 Å². The van der Waals surface area contributed by atoms with E-state index in [0.29, 0.717) is 13.2 Å². The summed E-state index contributed by atoms with van der Waals surface area (Å²) in [6, 6.07) is 0.105. The summed E-state index contributed by atoms with van der Waals surface area (Å²) in [7, 11) is 1.85. The Labute approximate surface area is 95.9 Å². The summed E-state index contributed by atoms with van der Waals surface area (Å²) in [6.07, 6.45) is 4.62. The molecule has 1 N–H and O–H groups in total. The highest BCUT2D eigenvalue weighted by atomic mass is 16.5. The minimum absolute atomic E-state index is 0.0196. The van der Waals surface area contributed by atoms with Crippen LogP contribution in [0, 0.1) is 0 Å². The van der Waals surface area contributed by atoms with Crippen LogP contribution in [0.1, 0.15) is 19.3 Å². The summed E-state index contributed by atoms with van der Waals surface area (Å²) >= 11 is 0. The Morgan fingerprint density at radius 1 is 1.62 bits per heavy atom. The zero-order valence-electron chi connectivity index (χ0n) is 9.69. The lowest BCUT2D eigenvalue weighted by molar-refractivity contribution is -0.133. The van der Waals surface area contributed by atoms with Crippen LogP contribution in [0.2, 0.25) is 0 Å². The molecule has 2 aliphatic rings. The summed E-state index contributed by atoms with van der Waals surface area (Å²) in [5.74, 6) is 0.210. The Bertz CT molecular complexity index is 280. The molecule has 90 valence electrons. The highest BCUT2D eigenvalue weighted by molar-refractivity contribution is 5.82. The number of carbonyl (C=O) groups is 1. The molecular formula is C11H19N3O2. The van der Waals surface area contributed by atoms with E-state index in [0.717, 1.165) is 25.8 Å². The molecule has 1 amide bonds. The Hall–Kier alpha value is -1.10. The van der Waals surface area contributed by atoms with Crippen molar-refractivity contribution in [1.29, 1.82) is 0 Å². The molecule has 2 atom stereocenters. The SMILES string of the molecule is CNC1CCCCN(CC2COC=N2)C1=O. The first kappa shape index (κ1) is 11.4. The molecule has 0 aliphatic carbocycles. The number of likely N-dealkylation sites (N-methyl/N-ethyl adjacent to an activating group) is 1. The summed E-state index contributed by atoms with van der Waals surface area (Å²) < 4.78 is 5.07. The van der Waals surface area contributed by atoms with Gasteiger partial charge in [-0.3, -0.25) is 4.79 Å².